The minimum absolute atomic E-state index is 0.147. The number of ether oxygens (including phenoxy) is 2. The molecule has 1 aliphatic heterocycles. The Hall–Kier alpha value is -5.54. The van der Waals surface area contributed by atoms with Crippen LogP contribution in [0.15, 0.2) is 132 Å². The molecule has 268 valence electrons. The molecule has 1 atom stereocenters. The zero-order chi connectivity index (χ0) is 37.0. The van der Waals surface area contributed by atoms with Gasteiger partial charge in [-0.1, -0.05) is 125 Å². The van der Waals surface area contributed by atoms with Crippen molar-refractivity contribution in [3.63, 3.8) is 0 Å². The lowest BCUT2D eigenvalue weighted by molar-refractivity contribution is 0.0642. The summed E-state index contributed by atoms with van der Waals surface area (Å²) in [4.78, 5) is 0. The first kappa shape index (κ1) is 33.1. The molecule has 7 aromatic rings. The van der Waals surface area contributed by atoms with E-state index >= 15 is 0 Å². The lowest BCUT2D eigenvalue weighted by Crippen LogP contribution is -2.44. The molecule has 54 heavy (non-hydrogen) atoms. The summed E-state index contributed by atoms with van der Waals surface area (Å²) in [6, 6.07) is 41.5. The molecule has 1 saturated carbocycles. The van der Waals surface area contributed by atoms with Crippen molar-refractivity contribution in [1.82, 2.24) is 0 Å². The highest BCUT2D eigenvalue weighted by Crippen LogP contribution is 2.67. The lowest BCUT2D eigenvalue weighted by atomic mass is 9.52. The summed E-state index contributed by atoms with van der Waals surface area (Å²) < 4.78 is 19.8. The minimum Gasteiger partial charge on any atom is -0.497 e. The van der Waals surface area contributed by atoms with Gasteiger partial charge in [0, 0.05) is 43.8 Å². The van der Waals surface area contributed by atoms with Crippen LogP contribution in [0.4, 0.5) is 0 Å². The number of furan rings is 1. The lowest BCUT2D eigenvalue weighted by Gasteiger charge is -2.52. The van der Waals surface area contributed by atoms with Crippen LogP contribution in [0.2, 0.25) is 0 Å². The Labute approximate surface area is 318 Å². The molecule has 1 unspecified atom stereocenters. The van der Waals surface area contributed by atoms with Crippen molar-refractivity contribution in [3.05, 3.63) is 161 Å². The van der Waals surface area contributed by atoms with Gasteiger partial charge >= 0.3 is 0 Å². The Morgan fingerprint density at radius 3 is 2.09 bits per heavy atom. The fourth-order valence-electron chi connectivity index (χ4n) is 11.3. The van der Waals surface area contributed by atoms with Gasteiger partial charge in [0.05, 0.1) is 13.4 Å². The number of benzene rings is 6. The van der Waals surface area contributed by atoms with Crippen molar-refractivity contribution in [1.29, 1.82) is 0 Å². The van der Waals surface area contributed by atoms with E-state index in [1.165, 1.54) is 45.2 Å². The standard InChI is InChI=1S/C51H46O3/c1-32-26-41-42(27-40(32)46-37-17-11-10-14-33(37)28-53-46)47-39(24-25-51(54-47,34-15-8-7-9-16-34)35-20-22-36(52-6)23-21-35)45-44(41)38-18-12-13-19-43(38)50(45)30-48(2,3)29-49(4,5)31-50/h7-28H,29-31H2,1-6H3. The van der Waals surface area contributed by atoms with Crippen LogP contribution in [0.1, 0.15) is 80.3 Å². The number of hydrogen-bond donors (Lipinski definition) is 0. The van der Waals surface area contributed by atoms with Crippen molar-refractivity contribution in [3.8, 4) is 33.9 Å². The van der Waals surface area contributed by atoms with Crippen molar-refractivity contribution in [2.45, 2.75) is 64.9 Å². The topological polar surface area (TPSA) is 31.6 Å². The Kier molecular flexibility index (Phi) is 7.03. The molecular formula is C51H46O3. The highest BCUT2D eigenvalue weighted by atomic mass is 16.5. The fraction of sp³-hybridized carbons (Fsp3) is 0.255. The molecule has 6 aromatic carbocycles. The third kappa shape index (κ3) is 4.73. The van der Waals surface area contributed by atoms with Crippen LogP contribution in [0.3, 0.4) is 0 Å². The van der Waals surface area contributed by atoms with E-state index in [2.05, 4.69) is 150 Å². The van der Waals surface area contributed by atoms with Crippen LogP contribution in [-0.4, -0.2) is 7.11 Å². The van der Waals surface area contributed by atoms with Crippen molar-refractivity contribution in [2.75, 3.05) is 7.11 Å². The molecule has 0 radical (unpaired) electrons. The number of rotatable bonds is 4. The molecule has 1 aromatic heterocycles. The van der Waals surface area contributed by atoms with E-state index in [-0.39, 0.29) is 16.2 Å². The van der Waals surface area contributed by atoms with E-state index in [1.54, 1.807) is 7.11 Å². The first-order valence-electron chi connectivity index (χ1n) is 19.3. The molecule has 2 heterocycles. The van der Waals surface area contributed by atoms with Crippen molar-refractivity contribution >= 4 is 27.6 Å². The maximum atomic E-state index is 7.78. The molecule has 1 spiro atoms. The largest absolute Gasteiger partial charge is 0.497 e. The number of fused-ring (bicyclic) bond motifs is 11. The van der Waals surface area contributed by atoms with Crippen LogP contribution >= 0.6 is 0 Å². The first-order chi connectivity index (χ1) is 26.0. The third-order valence-electron chi connectivity index (χ3n) is 12.6. The third-order valence-corrected chi connectivity index (χ3v) is 12.6. The van der Waals surface area contributed by atoms with E-state index < -0.39 is 5.60 Å². The fourth-order valence-corrected chi connectivity index (χ4v) is 11.3. The van der Waals surface area contributed by atoms with E-state index in [0.717, 1.165) is 62.9 Å². The minimum atomic E-state index is -0.867. The Balaban J connectivity index is 1.33. The van der Waals surface area contributed by atoms with Gasteiger partial charge in [0.25, 0.3) is 0 Å². The van der Waals surface area contributed by atoms with E-state index in [0.29, 0.717) is 0 Å². The molecule has 10 rings (SSSR count). The summed E-state index contributed by atoms with van der Waals surface area (Å²) in [5.74, 6) is 2.64. The number of methoxy groups -OCH3 is 1. The summed E-state index contributed by atoms with van der Waals surface area (Å²) in [5, 5.41) is 4.55. The molecule has 3 heteroatoms. The number of hydrogen-bond acceptors (Lipinski definition) is 3. The average molecular weight is 707 g/mol. The predicted octanol–water partition coefficient (Wildman–Crippen LogP) is 13.4. The molecule has 0 bridgehead atoms. The molecule has 1 fully saturated rings. The van der Waals surface area contributed by atoms with E-state index in [9.17, 15) is 0 Å². The Bertz CT molecular complexity index is 2640. The molecular weight excluding hydrogens is 661 g/mol. The highest BCUT2D eigenvalue weighted by Gasteiger charge is 2.55. The van der Waals surface area contributed by atoms with Crippen molar-refractivity contribution < 1.29 is 13.9 Å². The SMILES string of the molecule is COc1ccc(C2(c3ccccc3)C=Cc3c4c(c5cc(C)c(-c6occ7ccccc67)cc5c3O2)-c2ccccc2C42CC(C)(C)CC(C)(C)C2)cc1. The van der Waals surface area contributed by atoms with Gasteiger partial charge in [-0.25, -0.2) is 0 Å². The smallest absolute Gasteiger partial charge is 0.178 e. The quantitative estimate of drug-likeness (QED) is 0.183. The first-order valence-corrected chi connectivity index (χ1v) is 19.3. The second kappa shape index (κ2) is 11.5. The summed E-state index contributed by atoms with van der Waals surface area (Å²) in [6.45, 7) is 12.1. The van der Waals surface area contributed by atoms with Crippen LogP contribution in [-0.2, 0) is 11.0 Å². The van der Waals surface area contributed by atoms with Crippen LogP contribution in [0.5, 0.6) is 11.5 Å². The zero-order valence-corrected chi connectivity index (χ0v) is 32.0. The van der Waals surface area contributed by atoms with Gasteiger partial charge in [-0.15, -0.1) is 0 Å². The second-order valence-corrected chi connectivity index (χ2v) is 17.6. The second-order valence-electron chi connectivity index (χ2n) is 17.6. The van der Waals surface area contributed by atoms with Crippen LogP contribution in [0, 0.1) is 17.8 Å². The average Bonchev–Trinajstić information content (AvgIpc) is 3.71. The Morgan fingerprint density at radius 1 is 0.648 bits per heavy atom. The van der Waals surface area contributed by atoms with Crippen molar-refractivity contribution in [2.24, 2.45) is 10.8 Å². The molecule has 0 saturated heterocycles. The maximum absolute atomic E-state index is 7.78. The molecule has 0 amide bonds. The summed E-state index contributed by atoms with van der Waals surface area (Å²) in [6.07, 6.45) is 9.94. The molecule has 0 N–H and O–H groups in total. The molecule has 3 aliphatic rings. The van der Waals surface area contributed by atoms with Gasteiger partial charge in [-0.05, 0) is 101 Å². The van der Waals surface area contributed by atoms with Gasteiger partial charge < -0.3 is 13.9 Å². The van der Waals surface area contributed by atoms with Gasteiger partial charge in [0.15, 0.2) is 5.60 Å². The maximum Gasteiger partial charge on any atom is 0.178 e. The van der Waals surface area contributed by atoms with E-state index in [1.807, 2.05) is 18.4 Å². The summed E-state index contributed by atoms with van der Waals surface area (Å²) in [7, 11) is 1.71. The van der Waals surface area contributed by atoms with Gasteiger partial charge in [0.2, 0.25) is 0 Å². The molecule has 3 nitrogen and oxygen atoms in total. The monoisotopic (exact) mass is 706 g/mol. The highest BCUT2D eigenvalue weighted by molar-refractivity contribution is 6.11. The van der Waals surface area contributed by atoms with E-state index in [4.69, 9.17) is 13.9 Å². The normalized spacial score (nSPS) is 20.0. The van der Waals surface area contributed by atoms with Crippen LogP contribution < -0.4 is 9.47 Å². The summed E-state index contributed by atoms with van der Waals surface area (Å²) in [5.41, 5.74) is 10.4. The molecule has 2 aliphatic carbocycles. The van der Waals surface area contributed by atoms with Crippen LogP contribution in [0.25, 0.3) is 50.1 Å². The number of aryl methyl sites for hydroxylation is 1. The van der Waals surface area contributed by atoms with Gasteiger partial charge in [-0.2, -0.15) is 0 Å². The Morgan fingerprint density at radius 2 is 1.33 bits per heavy atom. The van der Waals surface area contributed by atoms with Gasteiger partial charge in [-0.3, -0.25) is 0 Å². The summed E-state index contributed by atoms with van der Waals surface area (Å²) >= 11 is 0. The zero-order valence-electron chi connectivity index (χ0n) is 32.0. The van der Waals surface area contributed by atoms with Gasteiger partial charge in [0.1, 0.15) is 17.3 Å². The predicted molar refractivity (Wildman–Crippen MR) is 221 cm³/mol.